The second kappa shape index (κ2) is 7.34. The number of methoxy groups -OCH3 is 2. The number of benzene rings is 2. The van der Waals surface area contributed by atoms with Gasteiger partial charge in [0.1, 0.15) is 18.1 Å². The fourth-order valence-electron chi connectivity index (χ4n) is 3.21. The largest absolute Gasteiger partial charge is 0.497 e. The van der Waals surface area contributed by atoms with Gasteiger partial charge in [-0.05, 0) is 30.3 Å². The summed E-state index contributed by atoms with van der Waals surface area (Å²) in [6.07, 6.45) is 1.29. The van der Waals surface area contributed by atoms with E-state index in [0.717, 1.165) is 5.56 Å². The van der Waals surface area contributed by atoms with E-state index in [-0.39, 0.29) is 12.2 Å². The minimum absolute atomic E-state index is 0.247. The zero-order valence-electron chi connectivity index (χ0n) is 16.2. The first-order valence-corrected chi connectivity index (χ1v) is 9.99. The van der Waals surface area contributed by atoms with E-state index in [9.17, 15) is 4.79 Å². The Kier molecular flexibility index (Phi) is 4.51. The van der Waals surface area contributed by atoms with Gasteiger partial charge in [0.15, 0.2) is 23.4 Å². The molecule has 152 valence electrons. The van der Waals surface area contributed by atoms with Crippen LogP contribution in [0.1, 0.15) is 17.5 Å². The third-order valence-corrected chi connectivity index (χ3v) is 5.68. The van der Waals surface area contributed by atoms with E-state index in [1.807, 2.05) is 36.4 Å². The summed E-state index contributed by atoms with van der Waals surface area (Å²) in [5.74, 6) is 3.02. The summed E-state index contributed by atoms with van der Waals surface area (Å²) < 4.78 is 24.1. The predicted octanol–water partition coefficient (Wildman–Crippen LogP) is 2.23. The van der Waals surface area contributed by atoms with E-state index in [0.29, 0.717) is 38.3 Å². The molecule has 1 aliphatic heterocycles. The van der Waals surface area contributed by atoms with Crippen LogP contribution in [0, 0.1) is 0 Å². The molecule has 2 aromatic heterocycles. The van der Waals surface area contributed by atoms with Crippen LogP contribution in [0.25, 0.3) is 11.0 Å². The number of rotatable bonds is 4. The van der Waals surface area contributed by atoms with E-state index in [1.54, 1.807) is 26.4 Å². The van der Waals surface area contributed by atoms with E-state index in [4.69, 9.17) is 18.9 Å². The van der Waals surface area contributed by atoms with Crippen molar-refractivity contribution < 1.29 is 18.9 Å². The summed E-state index contributed by atoms with van der Waals surface area (Å²) in [5.41, 5.74) is 0.518. The Morgan fingerprint density at radius 1 is 1.17 bits per heavy atom. The van der Waals surface area contributed by atoms with Crippen molar-refractivity contribution >= 4 is 22.4 Å². The summed E-state index contributed by atoms with van der Waals surface area (Å²) >= 11 is 1.26. The summed E-state index contributed by atoms with van der Waals surface area (Å²) in [4.78, 5) is 17.8. The summed E-state index contributed by atoms with van der Waals surface area (Å²) in [6, 6.07) is 12.8. The number of ether oxygens (including phenoxy) is 4. The maximum absolute atomic E-state index is 12.9. The molecule has 9 heteroatoms. The molecule has 0 amide bonds. The van der Waals surface area contributed by atoms with E-state index >= 15 is 0 Å². The summed E-state index contributed by atoms with van der Waals surface area (Å²) in [6.45, 7) is 0.283. The lowest BCUT2D eigenvalue weighted by Gasteiger charge is -2.24. The Bertz CT molecular complexity index is 1350. The molecule has 0 saturated heterocycles. The minimum atomic E-state index is -0.472. The van der Waals surface area contributed by atoms with Crippen LogP contribution in [-0.4, -0.2) is 35.4 Å². The molecule has 3 heterocycles. The number of fused-ring (bicyclic) bond motifs is 2. The van der Waals surface area contributed by atoms with Crippen molar-refractivity contribution in [3.8, 4) is 23.0 Å². The van der Waals surface area contributed by atoms with Gasteiger partial charge in [-0.1, -0.05) is 23.5 Å². The van der Waals surface area contributed by atoms with Crippen LogP contribution < -0.4 is 29.0 Å². The summed E-state index contributed by atoms with van der Waals surface area (Å²) in [5, 5.41) is 4.37. The van der Waals surface area contributed by atoms with Crippen LogP contribution >= 0.6 is 11.3 Å². The van der Waals surface area contributed by atoms with Gasteiger partial charge < -0.3 is 18.9 Å². The molecule has 0 N–H and O–H groups in total. The van der Waals surface area contributed by atoms with Gasteiger partial charge in [-0.2, -0.15) is 9.50 Å². The number of hydrogen-bond donors (Lipinski definition) is 0. The Balaban J connectivity index is 1.49. The van der Waals surface area contributed by atoms with E-state index in [2.05, 4.69) is 10.1 Å². The van der Waals surface area contributed by atoms with Crippen LogP contribution in [0.3, 0.4) is 0 Å². The first-order valence-electron chi connectivity index (χ1n) is 9.18. The third-order valence-electron chi connectivity index (χ3n) is 4.72. The number of hydrogen-bond acceptors (Lipinski definition) is 8. The van der Waals surface area contributed by atoms with Crippen LogP contribution in [-0.2, 0) is 0 Å². The molecule has 0 radical (unpaired) electrons. The molecule has 30 heavy (non-hydrogen) atoms. The quantitative estimate of drug-likeness (QED) is 0.498. The van der Waals surface area contributed by atoms with Gasteiger partial charge in [0.05, 0.1) is 18.8 Å². The lowest BCUT2D eigenvalue weighted by atomic mass is 10.2. The van der Waals surface area contributed by atoms with Gasteiger partial charge in [0.2, 0.25) is 4.96 Å². The molecule has 0 aliphatic carbocycles. The molecule has 0 bridgehead atoms. The van der Waals surface area contributed by atoms with Crippen LogP contribution in [0.15, 0.2) is 47.3 Å². The van der Waals surface area contributed by atoms with Crippen molar-refractivity contribution in [2.75, 3.05) is 20.8 Å². The molecular formula is C21H17N3O5S. The fourth-order valence-corrected chi connectivity index (χ4v) is 4.12. The highest BCUT2D eigenvalue weighted by atomic mass is 32.1. The minimum Gasteiger partial charge on any atom is -0.497 e. The smallest absolute Gasteiger partial charge is 0.291 e. The number of para-hydroxylation sites is 2. The molecule has 0 spiro atoms. The number of nitrogens with zero attached hydrogens (tertiary/aromatic N) is 3. The average Bonchev–Trinajstić information content (AvgIpc) is 3.33. The highest BCUT2D eigenvalue weighted by Crippen LogP contribution is 2.35. The second-order valence-electron chi connectivity index (χ2n) is 6.55. The van der Waals surface area contributed by atoms with Crippen LogP contribution in [0.4, 0.5) is 0 Å². The highest BCUT2D eigenvalue weighted by molar-refractivity contribution is 7.15. The standard InChI is InChI=1S/C21H17N3O5S/c1-26-13-8-7-12(16(10-13)27-2)9-18-20(25)24-21(30-18)22-19(23-24)17-11-28-14-5-3-4-6-15(14)29-17/h3-10,17H,11H2,1-2H3. The van der Waals surface area contributed by atoms with Crippen molar-refractivity contribution in [2.45, 2.75) is 6.10 Å². The number of aromatic nitrogens is 3. The molecule has 4 aromatic rings. The lowest BCUT2D eigenvalue weighted by molar-refractivity contribution is 0.0852. The fraction of sp³-hybridized carbons (Fsp3) is 0.190. The van der Waals surface area contributed by atoms with Gasteiger partial charge in [-0.3, -0.25) is 4.79 Å². The first-order chi connectivity index (χ1) is 14.7. The van der Waals surface area contributed by atoms with Gasteiger partial charge in [-0.15, -0.1) is 5.10 Å². The maximum Gasteiger partial charge on any atom is 0.291 e. The maximum atomic E-state index is 12.9. The van der Waals surface area contributed by atoms with Crippen molar-refractivity contribution in [2.24, 2.45) is 0 Å². The number of thiazole rings is 1. The van der Waals surface area contributed by atoms with Crippen LogP contribution in [0.2, 0.25) is 0 Å². The molecule has 1 atom stereocenters. The molecule has 8 nitrogen and oxygen atoms in total. The van der Waals surface area contributed by atoms with E-state index in [1.165, 1.54) is 15.9 Å². The molecule has 5 rings (SSSR count). The Hall–Kier alpha value is -3.59. The van der Waals surface area contributed by atoms with Gasteiger partial charge in [-0.25, -0.2) is 0 Å². The highest BCUT2D eigenvalue weighted by Gasteiger charge is 2.27. The molecule has 0 saturated carbocycles. The Labute approximate surface area is 174 Å². The zero-order chi connectivity index (χ0) is 20.7. The topological polar surface area (TPSA) is 84.2 Å². The molecule has 1 unspecified atom stereocenters. The van der Waals surface area contributed by atoms with Gasteiger partial charge >= 0.3 is 0 Å². The van der Waals surface area contributed by atoms with Gasteiger partial charge in [0, 0.05) is 11.6 Å². The normalized spacial score (nSPS) is 16.1. The monoisotopic (exact) mass is 423 g/mol. The van der Waals surface area contributed by atoms with Crippen molar-refractivity contribution in [1.82, 2.24) is 14.6 Å². The molecular weight excluding hydrogens is 406 g/mol. The predicted molar refractivity (Wildman–Crippen MR) is 111 cm³/mol. The summed E-state index contributed by atoms with van der Waals surface area (Å²) in [7, 11) is 3.16. The molecule has 2 aromatic carbocycles. The van der Waals surface area contributed by atoms with Crippen molar-refractivity contribution in [3.63, 3.8) is 0 Å². The molecule has 0 fully saturated rings. The van der Waals surface area contributed by atoms with Gasteiger partial charge in [0.25, 0.3) is 5.56 Å². The lowest BCUT2D eigenvalue weighted by Crippen LogP contribution is -2.26. The Morgan fingerprint density at radius 2 is 2.00 bits per heavy atom. The second-order valence-corrected chi connectivity index (χ2v) is 7.56. The van der Waals surface area contributed by atoms with Crippen molar-refractivity contribution in [1.29, 1.82) is 0 Å². The van der Waals surface area contributed by atoms with Crippen LogP contribution in [0.5, 0.6) is 23.0 Å². The Morgan fingerprint density at radius 3 is 2.77 bits per heavy atom. The zero-order valence-corrected chi connectivity index (χ0v) is 17.0. The SMILES string of the molecule is COc1ccc(C=c2sc3nc(C4COc5ccccc5O4)nn3c2=O)c(OC)c1. The van der Waals surface area contributed by atoms with E-state index < -0.39 is 6.10 Å². The first kappa shape index (κ1) is 18.4. The average molecular weight is 423 g/mol. The van der Waals surface area contributed by atoms with Crippen molar-refractivity contribution in [3.05, 3.63) is 68.7 Å². The molecule has 1 aliphatic rings. The third kappa shape index (κ3) is 3.13.